The summed E-state index contributed by atoms with van der Waals surface area (Å²) in [6.45, 7) is 1.53. The fourth-order valence-corrected chi connectivity index (χ4v) is 1.52. The van der Waals surface area contributed by atoms with Crippen molar-refractivity contribution in [1.82, 2.24) is 15.0 Å². The van der Waals surface area contributed by atoms with Crippen molar-refractivity contribution >= 4 is 23.5 Å². The van der Waals surface area contributed by atoms with Crippen LogP contribution in [0.5, 0.6) is 0 Å². The van der Waals surface area contributed by atoms with Gasteiger partial charge < -0.3 is 16.0 Å². The predicted molar refractivity (Wildman–Crippen MR) is 72.9 cm³/mol. The summed E-state index contributed by atoms with van der Waals surface area (Å²) in [5.74, 6) is -1.22. The Kier molecular flexibility index (Phi) is 3.64. The molecule has 0 bridgehead atoms. The summed E-state index contributed by atoms with van der Waals surface area (Å²) < 4.78 is 27.6. The van der Waals surface area contributed by atoms with E-state index in [9.17, 15) is 8.78 Å². The van der Waals surface area contributed by atoms with E-state index in [4.69, 9.17) is 5.73 Å². The van der Waals surface area contributed by atoms with E-state index in [0.29, 0.717) is 5.56 Å². The summed E-state index contributed by atoms with van der Waals surface area (Å²) >= 11 is 0. The molecule has 2 aromatic rings. The quantitative estimate of drug-likeness (QED) is 0.893. The van der Waals surface area contributed by atoms with Crippen LogP contribution in [0.1, 0.15) is 5.56 Å². The van der Waals surface area contributed by atoms with Crippen LogP contribution >= 0.6 is 0 Å². The predicted octanol–water partition coefficient (Wildman–Crippen LogP) is 1.85. The number of nitrogens with one attached hydrogen (secondary N) is 1. The minimum Gasteiger partial charge on any atom is -0.368 e. The van der Waals surface area contributed by atoms with Crippen LogP contribution in [0.4, 0.5) is 32.3 Å². The van der Waals surface area contributed by atoms with E-state index in [1.807, 2.05) is 0 Å². The van der Waals surface area contributed by atoms with Crippen LogP contribution in [0.15, 0.2) is 12.1 Å². The van der Waals surface area contributed by atoms with Crippen LogP contribution in [-0.4, -0.2) is 29.0 Å². The molecule has 0 radical (unpaired) electrons. The second-order valence-electron chi connectivity index (χ2n) is 4.39. The summed E-state index contributed by atoms with van der Waals surface area (Å²) in [5, 5.41) is 2.50. The van der Waals surface area contributed by atoms with Gasteiger partial charge in [0.05, 0.1) is 0 Å². The number of nitrogen functional groups attached to an aromatic ring is 1. The van der Waals surface area contributed by atoms with Crippen molar-refractivity contribution in [2.24, 2.45) is 0 Å². The van der Waals surface area contributed by atoms with Gasteiger partial charge >= 0.3 is 0 Å². The minimum absolute atomic E-state index is 0.0235. The van der Waals surface area contributed by atoms with E-state index < -0.39 is 11.6 Å². The maximum absolute atomic E-state index is 13.9. The van der Waals surface area contributed by atoms with E-state index in [1.165, 1.54) is 13.0 Å². The van der Waals surface area contributed by atoms with Gasteiger partial charge in [0.25, 0.3) is 0 Å². The van der Waals surface area contributed by atoms with Crippen LogP contribution in [0.2, 0.25) is 0 Å². The molecule has 2 rings (SSSR count). The van der Waals surface area contributed by atoms with Gasteiger partial charge in [-0.05, 0) is 18.6 Å². The fraction of sp³-hybridized carbons (Fsp3) is 0.250. The second kappa shape index (κ2) is 5.24. The number of halogens is 2. The molecule has 0 spiro atoms. The molecule has 106 valence electrons. The summed E-state index contributed by atoms with van der Waals surface area (Å²) in [7, 11) is 3.43. The van der Waals surface area contributed by atoms with Crippen LogP contribution in [0.3, 0.4) is 0 Å². The van der Waals surface area contributed by atoms with Gasteiger partial charge in [-0.1, -0.05) is 6.07 Å². The van der Waals surface area contributed by atoms with Crippen molar-refractivity contribution in [2.75, 3.05) is 30.0 Å². The molecule has 6 nitrogen and oxygen atoms in total. The first-order chi connectivity index (χ1) is 9.38. The third kappa shape index (κ3) is 2.73. The van der Waals surface area contributed by atoms with Gasteiger partial charge in [0.1, 0.15) is 11.5 Å². The van der Waals surface area contributed by atoms with Crippen molar-refractivity contribution in [3.8, 4) is 0 Å². The Morgan fingerprint density at radius 2 is 1.85 bits per heavy atom. The first-order valence-electron chi connectivity index (χ1n) is 5.79. The zero-order valence-electron chi connectivity index (χ0n) is 11.3. The number of anilines is 4. The Morgan fingerprint density at radius 3 is 2.50 bits per heavy atom. The summed E-state index contributed by atoms with van der Waals surface area (Å²) in [4.78, 5) is 13.3. The van der Waals surface area contributed by atoms with Crippen molar-refractivity contribution in [1.29, 1.82) is 0 Å². The van der Waals surface area contributed by atoms with Crippen molar-refractivity contribution in [3.05, 3.63) is 29.3 Å². The van der Waals surface area contributed by atoms with E-state index >= 15 is 0 Å². The number of aromatic nitrogens is 3. The zero-order valence-corrected chi connectivity index (χ0v) is 11.3. The number of nitrogens with zero attached hydrogens (tertiary/aromatic N) is 4. The lowest BCUT2D eigenvalue weighted by Gasteiger charge is -2.13. The monoisotopic (exact) mass is 280 g/mol. The lowest BCUT2D eigenvalue weighted by atomic mass is 10.2. The smallest absolute Gasteiger partial charge is 0.233 e. The molecular formula is C12H14F2N6. The highest BCUT2D eigenvalue weighted by Crippen LogP contribution is 2.24. The fourth-order valence-electron chi connectivity index (χ4n) is 1.52. The molecule has 0 aliphatic rings. The first-order valence-corrected chi connectivity index (χ1v) is 5.79. The number of hydrogen-bond acceptors (Lipinski definition) is 6. The van der Waals surface area contributed by atoms with Crippen LogP contribution in [-0.2, 0) is 0 Å². The highest BCUT2D eigenvalue weighted by molar-refractivity contribution is 5.58. The molecule has 0 aliphatic carbocycles. The Hall–Kier alpha value is -2.51. The molecule has 0 fully saturated rings. The van der Waals surface area contributed by atoms with E-state index in [1.54, 1.807) is 19.0 Å². The molecule has 0 aliphatic heterocycles. The molecule has 0 saturated heterocycles. The van der Waals surface area contributed by atoms with E-state index in [0.717, 1.165) is 6.07 Å². The molecule has 3 N–H and O–H groups in total. The molecule has 1 aromatic carbocycles. The van der Waals surface area contributed by atoms with Gasteiger partial charge in [0.15, 0.2) is 5.82 Å². The molecule has 20 heavy (non-hydrogen) atoms. The Bertz CT molecular complexity index is 644. The Morgan fingerprint density at radius 1 is 1.15 bits per heavy atom. The maximum atomic E-state index is 13.9. The Labute approximate surface area is 114 Å². The lowest BCUT2D eigenvalue weighted by Crippen LogP contribution is -2.16. The van der Waals surface area contributed by atoms with Gasteiger partial charge in [-0.15, -0.1) is 0 Å². The molecule has 1 aromatic heterocycles. The molecular weight excluding hydrogens is 266 g/mol. The summed E-state index contributed by atoms with van der Waals surface area (Å²) in [5.41, 5.74) is 5.53. The van der Waals surface area contributed by atoms with Crippen molar-refractivity contribution < 1.29 is 8.78 Å². The molecule has 1 heterocycles. The summed E-state index contributed by atoms with van der Waals surface area (Å²) in [6.07, 6.45) is 0. The molecule has 0 amide bonds. The highest BCUT2D eigenvalue weighted by Gasteiger charge is 2.14. The molecule has 0 saturated carbocycles. The zero-order chi connectivity index (χ0) is 14.9. The average molecular weight is 280 g/mol. The number of hydrogen-bond donors (Lipinski definition) is 2. The number of rotatable bonds is 3. The van der Waals surface area contributed by atoms with Gasteiger partial charge in [-0.2, -0.15) is 15.0 Å². The third-order valence-corrected chi connectivity index (χ3v) is 2.56. The SMILES string of the molecule is Cc1ccc(F)c(Nc2nc(N)nc(N(C)C)n2)c1F. The molecule has 0 unspecified atom stereocenters. The maximum Gasteiger partial charge on any atom is 0.233 e. The standard InChI is InChI=1S/C12H14F2N6/c1-6-4-5-7(13)9(8(6)14)16-11-17-10(15)18-12(19-11)20(2)3/h4-5H,1-3H3,(H3,15,16,17,18,19). The van der Waals surface area contributed by atoms with Crippen molar-refractivity contribution in [3.63, 3.8) is 0 Å². The molecule has 0 atom stereocenters. The Balaban J connectivity index is 2.43. The second-order valence-corrected chi connectivity index (χ2v) is 4.39. The lowest BCUT2D eigenvalue weighted by molar-refractivity contribution is 0.584. The van der Waals surface area contributed by atoms with Gasteiger partial charge in [0, 0.05) is 14.1 Å². The van der Waals surface area contributed by atoms with Crippen LogP contribution in [0.25, 0.3) is 0 Å². The van der Waals surface area contributed by atoms with Gasteiger partial charge in [0.2, 0.25) is 17.8 Å². The number of benzene rings is 1. The minimum atomic E-state index is -0.738. The van der Waals surface area contributed by atoms with Gasteiger partial charge in [-0.3, -0.25) is 0 Å². The van der Waals surface area contributed by atoms with Crippen LogP contribution in [0, 0.1) is 18.6 Å². The van der Waals surface area contributed by atoms with Gasteiger partial charge in [-0.25, -0.2) is 8.78 Å². The van der Waals surface area contributed by atoms with Crippen molar-refractivity contribution in [2.45, 2.75) is 6.92 Å². The van der Waals surface area contributed by atoms with Crippen LogP contribution < -0.4 is 16.0 Å². The summed E-state index contributed by atoms with van der Waals surface area (Å²) in [6, 6.07) is 2.51. The first kappa shape index (κ1) is 13.9. The third-order valence-electron chi connectivity index (χ3n) is 2.56. The van der Waals surface area contributed by atoms with E-state index in [2.05, 4.69) is 20.3 Å². The number of aryl methyl sites for hydroxylation is 1. The largest absolute Gasteiger partial charge is 0.368 e. The normalized spacial score (nSPS) is 10.4. The topological polar surface area (TPSA) is 80.0 Å². The molecule has 8 heteroatoms. The average Bonchev–Trinajstić information content (AvgIpc) is 2.38. The van der Waals surface area contributed by atoms with E-state index in [-0.39, 0.29) is 23.5 Å². The highest BCUT2D eigenvalue weighted by atomic mass is 19.1. The number of nitrogens with two attached hydrogens (primary N) is 1.